The van der Waals surface area contributed by atoms with Crippen LogP contribution in [0.2, 0.25) is 0 Å². The Bertz CT molecular complexity index is 877. The molecular weight excluding hydrogens is 372 g/mol. The summed E-state index contributed by atoms with van der Waals surface area (Å²) in [4.78, 5) is 28.1. The minimum Gasteiger partial charge on any atom is -0.454 e. The quantitative estimate of drug-likeness (QED) is 0.629. The van der Waals surface area contributed by atoms with Crippen LogP contribution in [0, 0.1) is 17.3 Å². The highest BCUT2D eigenvalue weighted by molar-refractivity contribution is 5.94. The van der Waals surface area contributed by atoms with Gasteiger partial charge in [0.2, 0.25) is 6.79 Å². The number of carbonyl (C=O) groups excluding carboxylic acids is 2. The van der Waals surface area contributed by atoms with E-state index in [0.29, 0.717) is 37.7 Å². The average Bonchev–Trinajstić information content (AvgIpc) is 3.10. The molecule has 0 unspecified atom stereocenters. The first-order valence-electron chi connectivity index (χ1n) is 9.92. The lowest BCUT2D eigenvalue weighted by molar-refractivity contribution is -0.130. The molecule has 2 amide bonds. The Morgan fingerprint density at radius 3 is 2.45 bits per heavy atom. The van der Waals surface area contributed by atoms with Crippen LogP contribution < -0.4 is 9.47 Å². The molecule has 2 fully saturated rings. The lowest BCUT2D eigenvalue weighted by Gasteiger charge is -2.53. The molecule has 7 nitrogen and oxygen atoms in total. The number of nitrogens with zero attached hydrogens (tertiary/aromatic N) is 2. The molecule has 1 spiro atoms. The third-order valence-electron chi connectivity index (χ3n) is 5.50. The van der Waals surface area contributed by atoms with E-state index in [-0.39, 0.29) is 24.2 Å². The molecule has 1 aromatic carbocycles. The minimum atomic E-state index is -0.480. The molecule has 3 heterocycles. The molecule has 0 atom stereocenters. The fourth-order valence-electron chi connectivity index (χ4n) is 3.90. The lowest BCUT2D eigenvalue weighted by atomic mass is 9.72. The predicted molar refractivity (Wildman–Crippen MR) is 105 cm³/mol. The summed E-state index contributed by atoms with van der Waals surface area (Å²) in [6, 6.07) is 5.40. The zero-order valence-electron chi connectivity index (χ0n) is 17.1. The number of amides is 2. The van der Waals surface area contributed by atoms with Gasteiger partial charge in [-0.25, -0.2) is 4.79 Å². The monoisotopic (exact) mass is 398 g/mol. The van der Waals surface area contributed by atoms with Crippen LogP contribution in [0.5, 0.6) is 11.5 Å². The summed E-state index contributed by atoms with van der Waals surface area (Å²) in [5.74, 6) is 6.84. The van der Waals surface area contributed by atoms with E-state index >= 15 is 0 Å². The van der Waals surface area contributed by atoms with E-state index in [0.717, 1.165) is 18.4 Å². The molecule has 7 heteroatoms. The van der Waals surface area contributed by atoms with Crippen molar-refractivity contribution >= 4 is 12.0 Å². The number of carbonyl (C=O) groups is 2. The van der Waals surface area contributed by atoms with Crippen molar-refractivity contribution in [2.24, 2.45) is 5.41 Å². The summed E-state index contributed by atoms with van der Waals surface area (Å²) >= 11 is 0. The summed E-state index contributed by atoms with van der Waals surface area (Å²) in [5.41, 5.74) is 0.355. The van der Waals surface area contributed by atoms with Gasteiger partial charge in [0.15, 0.2) is 11.5 Å². The van der Waals surface area contributed by atoms with E-state index in [1.807, 2.05) is 26.8 Å². The first-order chi connectivity index (χ1) is 13.7. The molecule has 154 valence electrons. The van der Waals surface area contributed by atoms with Crippen LogP contribution in [0.4, 0.5) is 4.79 Å². The molecule has 0 bridgehead atoms. The predicted octanol–water partition coefficient (Wildman–Crippen LogP) is 2.63. The van der Waals surface area contributed by atoms with Crippen molar-refractivity contribution in [3.05, 3.63) is 23.8 Å². The number of likely N-dealkylation sites (tertiary alicyclic amines) is 2. The maximum atomic E-state index is 12.5. The lowest BCUT2D eigenvalue weighted by Crippen LogP contribution is -2.62. The SMILES string of the molecule is CC(C)(C)OC(=O)N1CC2(CCN(C(=O)C#Cc3ccc4c(c3)OCO4)CC2)C1. The number of hydrogen-bond donors (Lipinski definition) is 0. The highest BCUT2D eigenvalue weighted by atomic mass is 16.7. The topological polar surface area (TPSA) is 68.3 Å². The summed E-state index contributed by atoms with van der Waals surface area (Å²) in [6.45, 7) is 8.55. The second-order valence-electron chi connectivity index (χ2n) is 8.95. The van der Waals surface area contributed by atoms with Crippen LogP contribution >= 0.6 is 0 Å². The molecule has 3 aliphatic heterocycles. The Morgan fingerprint density at radius 1 is 1.07 bits per heavy atom. The van der Waals surface area contributed by atoms with Crippen LogP contribution in [0.1, 0.15) is 39.2 Å². The molecule has 0 saturated carbocycles. The smallest absolute Gasteiger partial charge is 0.410 e. The van der Waals surface area contributed by atoms with Gasteiger partial charge in [-0.05, 0) is 51.8 Å². The van der Waals surface area contributed by atoms with Gasteiger partial charge in [0.25, 0.3) is 5.91 Å². The highest BCUT2D eigenvalue weighted by Gasteiger charge is 2.48. The highest BCUT2D eigenvalue weighted by Crippen LogP contribution is 2.41. The van der Waals surface area contributed by atoms with Gasteiger partial charge in [-0.1, -0.05) is 5.92 Å². The van der Waals surface area contributed by atoms with E-state index < -0.39 is 5.60 Å². The molecule has 1 aromatic rings. The number of ether oxygens (including phenoxy) is 3. The van der Waals surface area contributed by atoms with Gasteiger partial charge in [-0.2, -0.15) is 0 Å². The van der Waals surface area contributed by atoms with Crippen molar-refractivity contribution in [2.45, 2.75) is 39.2 Å². The van der Waals surface area contributed by atoms with Crippen molar-refractivity contribution in [1.29, 1.82) is 0 Å². The van der Waals surface area contributed by atoms with Gasteiger partial charge >= 0.3 is 6.09 Å². The Balaban J connectivity index is 1.27. The maximum absolute atomic E-state index is 12.5. The third kappa shape index (κ3) is 4.26. The van der Waals surface area contributed by atoms with E-state index in [4.69, 9.17) is 14.2 Å². The van der Waals surface area contributed by atoms with Gasteiger partial charge in [-0.15, -0.1) is 0 Å². The number of piperidine rings is 1. The Morgan fingerprint density at radius 2 is 1.76 bits per heavy atom. The van der Waals surface area contributed by atoms with Gasteiger partial charge in [0, 0.05) is 43.1 Å². The second-order valence-corrected chi connectivity index (χ2v) is 8.95. The standard InChI is InChI=1S/C22H26N2O5/c1-21(2,3)29-20(26)24-13-22(14-24)8-10-23(11-9-22)19(25)7-5-16-4-6-17-18(12-16)28-15-27-17/h4,6,12H,8-11,13-15H2,1-3H3. The summed E-state index contributed by atoms with van der Waals surface area (Å²) in [6.07, 6.45) is 1.50. The molecule has 4 rings (SSSR count). The van der Waals surface area contributed by atoms with Crippen molar-refractivity contribution in [3.8, 4) is 23.3 Å². The normalized spacial score (nSPS) is 19.3. The zero-order chi connectivity index (χ0) is 20.6. The summed E-state index contributed by atoms with van der Waals surface area (Å²) < 4.78 is 16.0. The molecular formula is C22H26N2O5. The summed E-state index contributed by atoms with van der Waals surface area (Å²) in [7, 11) is 0. The van der Waals surface area contributed by atoms with E-state index in [1.165, 1.54) is 0 Å². The molecule has 3 aliphatic rings. The first-order valence-corrected chi connectivity index (χ1v) is 9.92. The number of benzene rings is 1. The van der Waals surface area contributed by atoms with E-state index in [9.17, 15) is 9.59 Å². The second kappa shape index (κ2) is 7.18. The van der Waals surface area contributed by atoms with E-state index in [2.05, 4.69) is 11.8 Å². The van der Waals surface area contributed by atoms with Crippen LogP contribution in [-0.2, 0) is 9.53 Å². The van der Waals surface area contributed by atoms with Crippen LogP contribution in [0.3, 0.4) is 0 Å². The number of fused-ring (bicyclic) bond motifs is 1. The number of hydrogen-bond acceptors (Lipinski definition) is 5. The Labute approximate surface area is 170 Å². The minimum absolute atomic E-state index is 0.110. The maximum Gasteiger partial charge on any atom is 0.410 e. The van der Waals surface area contributed by atoms with E-state index in [1.54, 1.807) is 21.9 Å². The van der Waals surface area contributed by atoms with Crippen molar-refractivity contribution < 1.29 is 23.8 Å². The van der Waals surface area contributed by atoms with Crippen LogP contribution in [0.25, 0.3) is 0 Å². The van der Waals surface area contributed by atoms with Crippen LogP contribution in [-0.4, -0.2) is 60.4 Å². The fourth-order valence-corrected chi connectivity index (χ4v) is 3.90. The van der Waals surface area contributed by atoms with Crippen LogP contribution in [0.15, 0.2) is 18.2 Å². The molecule has 0 N–H and O–H groups in total. The Hall–Kier alpha value is -2.88. The van der Waals surface area contributed by atoms with Gasteiger partial charge < -0.3 is 24.0 Å². The van der Waals surface area contributed by atoms with Gasteiger partial charge in [0.1, 0.15) is 5.60 Å². The first kappa shape index (κ1) is 19.4. The Kier molecular flexibility index (Phi) is 4.81. The largest absolute Gasteiger partial charge is 0.454 e. The van der Waals surface area contributed by atoms with Crippen molar-refractivity contribution in [1.82, 2.24) is 9.80 Å². The molecule has 0 aromatic heterocycles. The molecule has 29 heavy (non-hydrogen) atoms. The molecule has 0 radical (unpaired) electrons. The van der Waals surface area contributed by atoms with Crippen molar-refractivity contribution in [3.63, 3.8) is 0 Å². The number of rotatable bonds is 0. The fraction of sp³-hybridized carbons (Fsp3) is 0.545. The van der Waals surface area contributed by atoms with Gasteiger partial charge in [-0.3, -0.25) is 4.79 Å². The third-order valence-corrected chi connectivity index (χ3v) is 5.50. The average molecular weight is 398 g/mol. The van der Waals surface area contributed by atoms with Crippen molar-refractivity contribution in [2.75, 3.05) is 33.0 Å². The summed E-state index contributed by atoms with van der Waals surface area (Å²) in [5, 5.41) is 0. The molecule has 2 saturated heterocycles. The molecule has 0 aliphatic carbocycles. The zero-order valence-corrected chi connectivity index (χ0v) is 17.1. The van der Waals surface area contributed by atoms with Gasteiger partial charge in [0.05, 0.1) is 0 Å².